The van der Waals surface area contributed by atoms with Gasteiger partial charge in [-0.15, -0.1) is 0 Å². The molecule has 1 fully saturated rings. The maximum Gasteiger partial charge on any atom is 0.256 e. The Morgan fingerprint density at radius 3 is 2.62 bits per heavy atom. The standard InChI is InChI=1S/C24H29N3O3.CH4O/c1-15-16(2)23(25-21-13-26(3)24(28)22(15)21)27-9-6-19(7-10-27)30-20-5-4-17-8-11-29-14-18(17)12-20;1-2/h4-5,12,19H,6-11,13-14H2,1-3H3;2H,1H3. The molecule has 0 radical (unpaired) electrons. The topological polar surface area (TPSA) is 75.1 Å². The lowest BCUT2D eigenvalue weighted by atomic mass is 10.0. The monoisotopic (exact) mass is 439 g/mol. The Morgan fingerprint density at radius 1 is 1.12 bits per heavy atom. The molecule has 4 heterocycles. The summed E-state index contributed by atoms with van der Waals surface area (Å²) in [6.45, 7) is 8.05. The largest absolute Gasteiger partial charge is 0.490 e. The van der Waals surface area contributed by atoms with Crippen LogP contribution in [0.3, 0.4) is 0 Å². The first-order valence-electron chi connectivity index (χ1n) is 11.3. The number of fused-ring (bicyclic) bond motifs is 2. The van der Waals surface area contributed by atoms with Crippen LogP contribution in [0, 0.1) is 13.8 Å². The minimum Gasteiger partial charge on any atom is -0.490 e. The van der Waals surface area contributed by atoms with Crippen molar-refractivity contribution >= 4 is 11.7 Å². The van der Waals surface area contributed by atoms with E-state index in [1.54, 1.807) is 4.90 Å². The van der Waals surface area contributed by atoms with Crippen molar-refractivity contribution in [2.24, 2.45) is 0 Å². The van der Waals surface area contributed by atoms with E-state index in [-0.39, 0.29) is 12.0 Å². The Balaban J connectivity index is 0.00000119. The Hall–Kier alpha value is -2.64. The predicted octanol–water partition coefficient (Wildman–Crippen LogP) is 3.01. The summed E-state index contributed by atoms with van der Waals surface area (Å²) in [6.07, 6.45) is 3.13. The number of ether oxygens (including phenoxy) is 2. The Bertz CT molecular complexity index is 999. The zero-order valence-electron chi connectivity index (χ0n) is 19.5. The van der Waals surface area contributed by atoms with E-state index in [0.717, 1.165) is 80.0 Å². The lowest BCUT2D eigenvalue weighted by Gasteiger charge is -2.34. The molecule has 0 saturated carbocycles. The normalized spacial score (nSPS) is 18.1. The summed E-state index contributed by atoms with van der Waals surface area (Å²) >= 11 is 0. The lowest BCUT2D eigenvalue weighted by Crippen LogP contribution is -2.39. The van der Waals surface area contributed by atoms with Crippen LogP contribution in [-0.4, -0.2) is 60.9 Å². The van der Waals surface area contributed by atoms with E-state index in [0.29, 0.717) is 13.2 Å². The smallest absolute Gasteiger partial charge is 0.256 e. The third kappa shape index (κ3) is 4.19. The van der Waals surface area contributed by atoms with Crippen LogP contribution in [-0.2, 0) is 24.3 Å². The molecule has 5 rings (SSSR count). The van der Waals surface area contributed by atoms with Crippen LogP contribution in [0.15, 0.2) is 18.2 Å². The van der Waals surface area contributed by atoms with Gasteiger partial charge in [-0.2, -0.15) is 0 Å². The number of aliphatic hydroxyl groups excluding tert-OH is 1. The van der Waals surface area contributed by atoms with Gasteiger partial charge in [-0.1, -0.05) is 6.07 Å². The van der Waals surface area contributed by atoms with Crippen molar-refractivity contribution in [1.29, 1.82) is 0 Å². The van der Waals surface area contributed by atoms with Crippen molar-refractivity contribution in [2.75, 3.05) is 38.8 Å². The third-order valence-electron chi connectivity index (χ3n) is 6.75. The summed E-state index contributed by atoms with van der Waals surface area (Å²) in [5.74, 6) is 2.06. The Morgan fingerprint density at radius 2 is 1.88 bits per heavy atom. The van der Waals surface area contributed by atoms with Gasteiger partial charge in [-0.05, 0) is 54.7 Å². The molecule has 0 bridgehead atoms. The molecule has 1 saturated heterocycles. The molecule has 2 aromatic rings. The first kappa shape index (κ1) is 22.6. The van der Waals surface area contributed by atoms with Gasteiger partial charge in [0.1, 0.15) is 17.7 Å². The van der Waals surface area contributed by atoms with Gasteiger partial charge in [0.2, 0.25) is 0 Å². The molecule has 1 amide bonds. The van der Waals surface area contributed by atoms with Crippen LogP contribution in [0.1, 0.15) is 51.1 Å². The van der Waals surface area contributed by atoms with Crippen LogP contribution in [0.25, 0.3) is 0 Å². The fourth-order valence-corrected chi connectivity index (χ4v) is 4.83. The summed E-state index contributed by atoms with van der Waals surface area (Å²) in [5, 5.41) is 7.00. The van der Waals surface area contributed by atoms with E-state index in [4.69, 9.17) is 19.6 Å². The van der Waals surface area contributed by atoms with E-state index >= 15 is 0 Å². The molecular weight excluding hydrogens is 406 g/mol. The average Bonchev–Trinajstić information content (AvgIpc) is 3.11. The number of anilines is 1. The van der Waals surface area contributed by atoms with Crippen LogP contribution in [0.4, 0.5) is 5.82 Å². The molecule has 0 aliphatic carbocycles. The van der Waals surface area contributed by atoms with Crippen LogP contribution in [0.2, 0.25) is 0 Å². The average molecular weight is 440 g/mol. The summed E-state index contributed by atoms with van der Waals surface area (Å²) in [4.78, 5) is 21.4. The van der Waals surface area contributed by atoms with Gasteiger partial charge in [-0.25, -0.2) is 4.98 Å². The van der Waals surface area contributed by atoms with E-state index in [2.05, 4.69) is 30.0 Å². The number of aliphatic hydroxyl groups is 1. The van der Waals surface area contributed by atoms with Crippen LogP contribution in [0.5, 0.6) is 5.75 Å². The number of amides is 1. The number of piperidine rings is 1. The molecule has 1 aromatic heterocycles. The second kappa shape index (κ2) is 9.46. The fourth-order valence-electron chi connectivity index (χ4n) is 4.83. The van der Waals surface area contributed by atoms with E-state index < -0.39 is 0 Å². The SMILES string of the molecule is CO.Cc1c(N2CCC(Oc3ccc4c(c3)COCC4)CC2)nc2c(c1C)C(=O)N(C)C2. The Kier molecular flexibility index (Phi) is 6.67. The quantitative estimate of drug-likeness (QED) is 0.793. The molecule has 7 nitrogen and oxygen atoms in total. The zero-order chi connectivity index (χ0) is 22.8. The fraction of sp³-hybridized carbons (Fsp3) is 0.520. The number of aromatic nitrogens is 1. The summed E-state index contributed by atoms with van der Waals surface area (Å²) in [6, 6.07) is 6.42. The minimum atomic E-state index is 0.0900. The maximum atomic E-state index is 12.4. The van der Waals surface area contributed by atoms with Gasteiger partial charge >= 0.3 is 0 Å². The molecule has 0 unspecified atom stereocenters. The highest BCUT2D eigenvalue weighted by atomic mass is 16.5. The van der Waals surface area contributed by atoms with Crippen LogP contribution >= 0.6 is 0 Å². The van der Waals surface area contributed by atoms with Crippen LogP contribution < -0.4 is 9.64 Å². The molecule has 1 N–H and O–H groups in total. The summed E-state index contributed by atoms with van der Waals surface area (Å²) < 4.78 is 11.9. The lowest BCUT2D eigenvalue weighted by molar-refractivity contribution is 0.0815. The molecule has 172 valence electrons. The molecule has 32 heavy (non-hydrogen) atoms. The van der Waals surface area contributed by atoms with E-state index in [9.17, 15) is 4.79 Å². The first-order chi connectivity index (χ1) is 15.5. The summed E-state index contributed by atoms with van der Waals surface area (Å²) in [5.41, 5.74) is 6.53. The number of rotatable bonds is 3. The number of carbonyl (C=O) groups is 1. The van der Waals surface area contributed by atoms with Crippen molar-refractivity contribution in [1.82, 2.24) is 9.88 Å². The first-order valence-corrected chi connectivity index (χ1v) is 11.3. The van der Waals surface area contributed by atoms with Crippen molar-refractivity contribution < 1.29 is 19.4 Å². The number of benzene rings is 1. The molecule has 3 aliphatic heterocycles. The molecule has 0 atom stereocenters. The number of hydrogen-bond donors (Lipinski definition) is 1. The van der Waals surface area contributed by atoms with Crippen molar-refractivity contribution in [3.8, 4) is 5.75 Å². The molecule has 3 aliphatic rings. The minimum absolute atomic E-state index is 0.0900. The molecular formula is C25H33N3O4. The highest BCUT2D eigenvalue weighted by molar-refractivity contribution is 5.99. The molecule has 7 heteroatoms. The third-order valence-corrected chi connectivity index (χ3v) is 6.75. The zero-order valence-corrected chi connectivity index (χ0v) is 19.5. The predicted molar refractivity (Wildman–Crippen MR) is 123 cm³/mol. The number of hydrogen-bond acceptors (Lipinski definition) is 6. The molecule has 0 spiro atoms. The van der Waals surface area contributed by atoms with Gasteiger partial charge in [-0.3, -0.25) is 4.79 Å². The number of pyridine rings is 1. The van der Waals surface area contributed by atoms with E-state index in [1.807, 2.05) is 14.0 Å². The Labute approximate surface area is 190 Å². The number of carbonyl (C=O) groups excluding carboxylic acids is 1. The second-order valence-electron chi connectivity index (χ2n) is 8.71. The van der Waals surface area contributed by atoms with Gasteiger partial charge in [0.15, 0.2) is 0 Å². The van der Waals surface area contributed by atoms with Crippen molar-refractivity contribution in [3.05, 3.63) is 51.7 Å². The van der Waals surface area contributed by atoms with Gasteiger partial charge in [0, 0.05) is 40.1 Å². The van der Waals surface area contributed by atoms with E-state index in [1.165, 1.54) is 11.1 Å². The highest BCUT2D eigenvalue weighted by Crippen LogP contribution is 2.33. The van der Waals surface area contributed by atoms with Crippen molar-refractivity contribution in [3.63, 3.8) is 0 Å². The van der Waals surface area contributed by atoms with Crippen molar-refractivity contribution in [2.45, 2.75) is 52.4 Å². The number of nitrogens with zero attached hydrogens (tertiary/aromatic N) is 3. The highest BCUT2D eigenvalue weighted by Gasteiger charge is 2.31. The summed E-state index contributed by atoms with van der Waals surface area (Å²) in [7, 11) is 2.84. The van der Waals surface area contributed by atoms with Gasteiger partial charge in [0.05, 0.1) is 31.0 Å². The van der Waals surface area contributed by atoms with Gasteiger partial charge < -0.3 is 24.4 Å². The molecule has 1 aromatic carbocycles. The maximum absolute atomic E-state index is 12.4. The second-order valence-corrected chi connectivity index (χ2v) is 8.71. The van der Waals surface area contributed by atoms with Gasteiger partial charge in [0.25, 0.3) is 5.91 Å².